The largest absolute Gasteiger partial charge is 0.373 e. The van der Waals surface area contributed by atoms with E-state index < -0.39 is 5.91 Å². The molecule has 0 saturated carbocycles. The van der Waals surface area contributed by atoms with Gasteiger partial charge in [0.1, 0.15) is 5.82 Å². The van der Waals surface area contributed by atoms with E-state index in [0.717, 1.165) is 0 Å². The number of amides is 1. The van der Waals surface area contributed by atoms with Crippen LogP contribution in [0.3, 0.4) is 0 Å². The lowest BCUT2D eigenvalue weighted by Gasteiger charge is -2.32. The summed E-state index contributed by atoms with van der Waals surface area (Å²) in [6, 6.07) is 5.68. The Bertz CT molecular complexity index is 1080. The molecule has 1 saturated heterocycles. The highest BCUT2D eigenvalue weighted by molar-refractivity contribution is 5.92. The van der Waals surface area contributed by atoms with Gasteiger partial charge in [0.25, 0.3) is 5.91 Å². The molecule has 3 heterocycles. The van der Waals surface area contributed by atoms with Crippen molar-refractivity contribution in [3.63, 3.8) is 0 Å². The molecule has 1 aliphatic rings. The first-order valence-electron chi connectivity index (χ1n) is 9.22. The number of nitrogens with one attached hydrogen (secondary N) is 1. The van der Waals surface area contributed by atoms with Gasteiger partial charge >= 0.3 is 5.69 Å². The number of aromatic nitrogens is 4. The molecule has 4 rings (SSSR count). The summed E-state index contributed by atoms with van der Waals surface area (Å²) >= 11 is 0. The van der Waals surface area contributed by atoms with Gasteiger partial charge in [-0.3, -0.25) is 19.1 Å². The standard InChI is InChI=1S/C19H19FN6O4/c20-14-1-3-15(4-2-14)26-6-5-25(19(26)28)12-16-11-24(7-8-30-16)18-21-9-13(10-22-18)17(27)23-29/h1-6,9-10,16,29H,7-8,11-12H2,(H,23,27). The van der Waals surface area contributed by atoms with E-state index >= 15 is 0 Å². The summed E-state index contributed by atoms with van der Waals surface area (Å²) in [4.78, 5) is 34.3. The number of rotatable bonds is 5. The average Bonchev–Trinajstić information content (AvgIpc) is 3.14. The Morgan fingerprint density at radius 3 is 2.67 bits per heavy atom. The number of halogens is 1. The van der Waals surface area contributed by atoms with Gasteiger partial charge < -0.3 is 9.64 Å². The number of hydroxylamine groups is 1. The minimum Gasteiger partial charge on any atom is -0.373 e. The molecule has 1 fully saturated rings. The molecule has 2 aromatic heterocycles. The zero-order valence-electron chi connectivity index (χ0n) is 15.8. The lowest BCUT2D eigenvalue weighted by molar-refractivity contribution is 0.0284. The molecule has 1 atom stereocenters. The lowest BCUT2D eigenvalue weighted by Crippen LogP contribution is -2.46. The van der Waals surface area contributed by atoms with Gasteiger partial charge in [0, 0.05) is 37.9 Å². The number of ether oxygens (including phenoxy) is 1. The Morgan fingerprint density at radius 1 is 1.23 bits per heavy atom. The van der Waals surface area contributed by atoms with E-state index in [0.29, 0.717) is 37.9 Å². The molecule has 3 aromatic rings. The van der Waals surface area contributed by atoms with Gasteiger partial charge in [0.15, 0.2) is 0 Å². The number of morpholine rings is 1. The van der Waals surface area contributed by atoms with Crippen molar-refractivity contribution in [2.75, 3.05) is 24.6 Å². The molecule has 0 radical (unpaired) electrons. The third-order valence-electron chi connectivity index (χ3n) is 4.78. The number of imidazole rings is 1. The molecule has 0 aliphatic carbocycles. The van der Waals surface area contributed by atoms with Crippen molar-refractivity contribution in [1.82, 2.24) is 24.6 Å². The third-order valence-corrected chi connectivity index (χ3v) is 4.78. The van der Waals surface area contributed by atoms with Crippen LogP contribution in [0.1, 0.15) is 10.4 Å². The topological polar surface area (TPSA) is 115 Å². The monoisotopic (exact) mass is 414 g/mol. The SMILES string of the molecule is O=C(NO)c1cnc(N2CCOC(Cn3ccn(-c4ccc(F)cc4)c3=O)C2)nc1. The third kappa shape index (κ3) is 4.07. The molecule has 1 aromatic carbocycles. The van der Waals surface area contributed by atoms with E-state index in [1.165, 1.54) is 51.3 Å². The van der Waals surface area contributed by atoms with Crippen molar-refractivity contribution in [3.05, 3.63) is 70.9 Å². The van der Waals surface area contributed by atoms with E-state index in [-0.39, 0.29) is 23.2 Å². The Labute approximate surface area is 170 Å². The number of nitrogens with zero attached hydrogens (tertiary/aromatic N) is 5. The van der Waals surface area contributed by atoms with Crippen LogP contribution >= 0.6 is 0 Å². The molecular weight excluding hydrogens is 395 g/mol. The lowest BCUT2D eigenvalue weighted by atomic mass is 10.2. The van der Waals surface area contributed by atoms with E-state index in [9.17, 15) is 14.0 Å². The molecule has 10 nitrogen and oxygen atoms in total. The first-order valence-corrected chi connectivity index (χ1v) is 9.22. The molecule has 2 N–H and O–H groups in total. The Kier molecular flexibility index (Phi) is 5.55. The van der Waals surface area contributed by atoms with E-state index in [4.69, 9.17) is 9.94 Å². The van der Waals surface area contributed by atoms with Crippen LogP contribution in [-0.2, 0) is 11.3 Å². The van der Waals surface area contributed by atoms with Crippen LogP contribution in [0, 0.1) is 5.82 Å². The van der Waals surface area contributed by atoms with Crippen molar-refractivity contribution in [1.29, 1.82) is 0 Å². The van der Waals surface area contributed by atoms with E-state index in [1.807, 2.05) is 4.90 Å². The van der Waals surface area contributed by atoms with E-state index in [2.05, 4.69) is 9.97 Å². The second kappa shape index (κ2) is 8.43. The minimum absolute atomic E-state index is 0.139. The fraction of sp³-hybridized carbons (Fsp3) is 0.263. The van der Waals surface area contributed by atoms with Crippen molar-refractivity contribution in [2.24, 2.45) is 0 Å². The average molecular weight is 414 g/mol. The quantitative estimate of drug-likeness (QED) is 0.464. The second-order valence-electron chi connectivity index (χ2n) is 6.73. The maximum absolute atomic E-state index is 13.1. The predicted octanol–water partition coefficient (Wildman–Crippen LogP) is 0.592. The molecule has 1 aliphatic heterocycles. The molecule has 30 heavy (non-hydrogen) atoms. The van der Waals surface area contributed by atoms with Crippen molar-refractivity contribution in [2.45, 2.75) is 12.6 Å². The fourth-order valence-electron chi connectivity index (χ4n) is 3.25. The Balaban J connectivity index is 1.45. The zero-order chi connectivity index (χ0) is 21.1. The number of carbonyl (C=O) groups excluding carboxylic acids is 1. The highest BCUT2D eigenvalue weighted by Gasteiger charge is 2.24. The number of carbonyl (C=O) groups is 1. The summed E-state index contributed by atoms with van der Waals surface area (Å²) in [7, 11) is 0. The molecule has 0 spiro atoms. The van der Waals surface area contributed by atoms with Gasteiger partial charge in [-0.1, -0.05) is 0 Å². The predicted molar refractivity (Wildman–Crippen MR) is 103 cm³/mol. The molecular formula is C19H19FN6O4. The van der Waals surface area contributed by atoms with Gasteiger partial charge in [-0.2, -0.15) is 0 Å². The van der Waals surface area contributed by atoms with Crippen molar-refractivity contribution < 1.29 is 19.1 Å². The van der Waals surface area contributed by atoms with Crippen LogP contribution in [0.25, 0.3) is 5.69 Å². The molecule has 156 valence electrons. The summed E-state index contributed by atoms with van der Waals surface area (Å²) < 4.78 is 21.9. The molecule has 1 amide bonds. The highest BCUT2D eigenvalue weighted by Crippen LogP contribution is 2.14. The summed E-state index contributed by atoms with van der Waals surface area (Å²) in [5, 5.41) is 8.66. The van der Waals surface area contributed by atoms with Crippen molar-refractivity contribution in [3.8, 4) is 5.69 Å². The molecule has 1 unspecified atom stereocenters. The van der Waals surface area contributed by atoms with Crippen molar-refractivity contribution >= 4 is 11.9 Å². The summed E-state index contributed by atoms with van der Waals surface area (Å²) in [5.74, 6) is -0.630. The Morgan fingerprint density at radius 2 is 1.97 bits per heavy atom. The minimum atomic E-state index is -0.688. The van der Waals surface area contributed by atoms with Gasteiger partial charge in [-0.05, 0) is 24.3 Å². The van der Waals surface area contributed by atoms with Gasteiger partial charge in [-0.15, -0.1) is 0 Å². The first-order chi connectivity index (χ1) is 14.5. The maximum Gasteiger partial charge on any atom is 0.332 e. The number of hydrogen-bond acceptors (Lipinski definition) is 7. The normalized spacial score (nSPS) is 16.5. The van der Waals surface area contributed by atoms with Crippen LogP contribution in [0.5, 0.6) is 0 Å². The summed E-state index contributed by atoms with van der Waals surface area (Å²) in [6.45, 7) is 1.78. The Hall–Kier alpha value is -3.57. The first kappa shape index (κ1) is 19.7. The van der Waals surface area contributed by atoms with Crippen LogP contribution in [-0.4, -0.2) is 56.0 Å². The van der Waals surface area contributed by atoms with Gasteiger partial charge in [0.05, 0.1) is 30.5 Å². The number of hydrogen-bond donors (Lipinski definition) is 2. The van der Waals surface area contributed by atoms with Crippen LogP contribution < -0.4 is 16.1 Å². The van der Waals surface area contributed by atoms with E-state index in [1.54, 1.807) is 12.4 Å². The van der Waals surface area contributed by atoms with Crippen LogP contribution in [0.4, 0.5) is 10.3 Å². The van der Waals surface area contributed by atoms with Crippen LogP contribution in [0.2, 0.25) is 0 Å². The molecule has 11 heteroatoms. The fourth-order valence-corrected chi connectivity index (χ4v) is 3.25. The van der Waals surface area contributed by atoms with Crippen LogP contribution in [0.15, 0.2) is 53.8 Å². The highest BCUT2D eigenvalue weighted by atomic mass is 19.1. The molecule has 0 bridgehead atoms. The summed E-state index contributed by atoms with van der Waals surface area (Å²) in [5.41, 5.74) is 1.99. The number of benzene rings is 1. The van der Waals surface area contributed by atoms with Gasteiger partial charge in [-0.25, -0.2) is 24.6 Å². The smallest absolute Gasteiger partial charge is 0.332 e. The maximum atomic E-state index is 13.1. The zero-order valence-corrected chi connectivity index (χ0v) is 15.8. The van der Waals surface area contributed by atoms with Gasteiger partial charge in [0.2, 0.25) is 5.95 Å². The second-order valence-corrected chi connectivity index (χ2v) is 6.73. The number of anilines is 1. The summed E-state index contributed by atoms with van der Waals surface area (Å²) in [6.07, 6.45) is 5.67.